The Balaban J connectivity index is 1.40. The molecule has 1 aromatic heterocycles. The second-order valence-electron chi connectivity index (χ2n) is 8.81. The number of hydrogen-bond acceptors (Lipinski definition) is 5. The van der Waals surface area contributed by atoms with Gasteiger partial charge in [-0.05, 0) is 48.0 Å². The third-order valence-electron chi connectivity index (χ3n) is 6.52. The molecule has 5 rings (SSSR count). The maximum atomic E-state index is 13.7. The van der Waals surface area contributed by atoms with E-state index >= 15 is 0 Å². The molecule has 1 amide bonds. The topological polar surface area (TPSA) is 59.8 Å². The fourth-order valence-corrected chi connectivity index (χ4v) is 4.49. The van der Waals surface area contributed by atoms with Crippen molar-refractivity contribution in [2.75, 3.05) is 40.4 Å². The summed E-state index contributed by atoms with van der Waals surface area (Å²) in [6.07, 6.45) is 0. The number of amides is 1. The van der Waals surface area contributed by atoms with Crippen LogP contribution in [0.15, 0.2) is 84.9 Å². The monoisotopic (exact) mass is 482 g/mol. The predicted octanol–water partition coefficient (Wildman–Crippen LogP) is 4.51. The molecule has 7 heteroatoms. The molecule has 0 aliphatic carbocycles. The second-order valence-corrected chi connectivity index (χ2v) is 8.81. The van der Waals surface area contributed by atoms with Crippen LogP contribution < -0.4 is 9.47 Å². The fraction of sp³-hybridized carbons (Fsp3) is 0.241. The van der Waals surface area contributed by atoms with Crippen molar-refractivity contribution < 1.29 is 14.3 Å². The van der Waals surface area contributed by atoms with Crippen LogP contribution in [0.4, 0.5) is 0 Å². The zero-order valence-corrected chi connectivity index (χ0v) is 20.6. The number of piperazine rings is 1. The Morgan fingerprint density at radius 3 is 2.22 bits per heavy atom. The average molecular weight is 483 g/mol. The van der Waals surface area contributed by atoms with Gasteiger partial charge in [-0.25, -0.2) is 4.68 Å². The zero-order chi connectivity index (χ0) is 24.9. The van der Waals surface area contributed by atoms with Crippen molar-refractivity contribution in [1.29, 1.82) is 0 Å². The molecule has 0 saturated carbocycles. The molecule has 0 spiro atoms. The summed E-state index contributed by atoms with van der Waals surface area (Å²) >= 11 is 0. The third-order valence-corrected chi connectivity index (χ3v) is 6.52. The first-order valence-electron chi connectivity index (χ1n) is 12.1. The second kappa shape index (κ2) is 10.7. The Kier molecular flexibility index (Phi) is 7.00. The Bertz CT molecular complexity index is 1310. The highest BCUT2D eigenvalue weighted by Gasteiger charge is 2.26. The number of hydrogen-bond donors (Lipinski definition) is 0. The van der Waals surface area contributed by atoms with E-state index in [-0.39, 0.29) is 5.91 Å². The van der Waals surface area contributed by atoms with E-state index in [0.717, 1.165) is 48.1 Å². The van der Waals surface area contributed by atoms with Crippen LogP contribution in [-0.2, 0) is 6.54 Å². The minimum absolute atomic E-state index is 0.0215. The molecule has 0 N–H and O–H groups in total. The Hall–Kier alpha value is -4.10. The van der Waals surface area contributed by atoms with Crippen LogP contribution in [0.25, 0.3) is 16.9 Å². The number of aromatic nitrogens is 2. The van der Waals surface area contributed by atoms with Crippen LogP contribution >= 0.6 is 0 Å². The first-order chi connectivity index (χ1) is 17.6. The lowest BCUT2D eigenvalue weighted by molar-refractivity contribution is 0.0619. The molecular formula is C29H30N4O3. The number of benzene rings is 3. The van der Waals surface area contributed by atoms with Gasteiger partial charge in [0.1, 0.15) is 17.2 Å². The number of methoxy groups -OCH3 is 2. The van der Waals surface area contributed by atoms with Crippen molar-refractivity contribution in [3.63, 3.8) is 0 Å². The van der Waals surface area contributed by atoms with Gasteiger partial charge in [-0.2, -0.15) is 5.10 Å². The van der Waals surface area contributed by atoms with Crippen LogP contribution in [0, 0.1) is 0 Å². The molecule has 184 valence electrons. The summed E-state index contributed by atoms with van der Waals surface area (Å²) in [5.41, 5.74) is 4.24. The molecule has 1 aliphatic heterocycles. The minimum Gasteiger partial charge on any atom is -0.497 e. The van der Waals surface area contributed by atoms with Crippen LogP contribution in [-0.4, -0.2) is 65.9 Å². The van der Waals surface area contributed by atoms with Gasteiger partial charge in [0.2, 0.25) is 0 Å². The number of carbonyl (C=O) groups is 1. The summed E-state index contributed by atoms with van der Waals surface area (Å²) in [5.74, 6) is 1.47. The van der Waals surface area contributed by atoms with Crippen molar-refractivity contribution in [1.82, 2.24) is 19.6 Å². The number of ether oxygens (including phenoxy) is 2. The first kappa shape index (κ1) is 23.6. The van der Waals surface area contributed by atoms with Gasteiger partial charge in [-0.3, -0.25) is 9.69 Å². The van der Waals surface area contributed by atoms with E-state index in [1.165, 1.54) is 5.56 Å². The summed E-state index contributed by atoms with van der Waals surface area (Å²) < 4.78 is 12.4. The van der Waals surface area contributed by atoms with E-state index in [4.69, 9.17) is 14.6 Å². The Morgan fingerprint density at radius 2 is 1.53 bits per heavy atom. The normalized spacial score (nSPS) is 14.0. The maximum Gasteiger partial charge on any atom is 0.272 e. The van der Waals surface area contributed by atoms with E-state index in [1.54, 1.807) is 18.9 Å². The third kappa shape index (κ3) is 5.11. The zero-order valence-electron chi connectivity index (χ0n) is 20.6. The summed E-state index contributed by atoms with van der Waals surface area (Å²) in [6.45, 7) is 3.91. The minimum atomic E-state index is -0.0215. The van der Waals surface area contributed by atoms with E-state index in [0.29, 0.717) is 18.8 Å². The SMILES string of the molecule is COc1ccc(-n2nc(-c3cccc(OC)c3)cc2C(=O)N2CCN(Cc3ccccc3)CC2)cc1. The molecule has 3 aromatic carbocycles. The van der Waals surface area contributed by atoms with E-state index in [9.17, 15) is 4.79 Å². The van der Waals surface area contributed by atoms with Crippen molar-refractivity contribution in [2.24, 2.45) is 0 Å². The molecule has 1 aliphatic rings. The van der Waals surface area contributed by atoms with Crippen molar-refractivity contribution in [3.05, 3.63) is 96.2 Å². The van der Waals surface area contributed by atoms with Gasteiger partial charge >= 0.3 is 0 Å². The van der Waals surface area contributed by atoms with Crippen LogP contribution in [0.5, 0.6) is 11.5 Å². The summed E-state index contributed by atoms with van der Waals surface area (Å²) in [6, 6.07) is 27.6. The lowest BCUT2D eigenvalue weighted by atomic mass is 10.1. The van der Waals surface area contributed by atoms with E-state index < -0.39 is 0 Å². The van der Waals surface area contributed by atoms with Crippen LogP contribution in [0.2, 0.25) is 0 Å². The molecule has 7 nitrogen and oxygen atoms in total. The first-order valence-corrected chi connectivity index (χ1v) is 12.1. The molecule has 0 atom stereocenters. The van der Waals surface area contributed by atoms with Gasteiger partial charge in [0.15, 0.2) is 0 Å². The fourth-order valence-electron chi connectivity index (χ4n) is 4.49. The molecule has 0 unspecified atom stereocenters. The van der Waals surface area contributed by atoms with Crippen molar-refractivity contribution >= 4 is 5.91 Å². The predicted molar refractivity (Wildman–Crippen MR) is 140 cm³/mol. The maximum absolute atomic E-state index is 13.7. The number of nitrogens with zero attached hydrogens (tertiary/aromatic N) is 4. The summed E-state index contributed by atoms with van der Waals surface area (Å²) in [5, 5.41) is 4.83. The van der Waals surface area contributed by atoms with Gasteiger partial charge in [0.25, 0.3) is 5.91 Å². The summed E-state index contributed by atoms with van der Waals surface area (Å²) in [7, 11) is 3.28. The molecule has 4 aromatic rings. The van der Waals surface area contributed by atoms with Gasteiger partial charge in [0, 0.05) is 38.3 Å². The highest BCUT2D eigenvalue weighted by molar-refractivity contribution is 5.94. The molecule has 1 saturated heterocycles. The molecule has 0 bridgehead atoms. The van der Waals surface area contributed by atoms with E-state index in [1.807, 2.05) is 65.6 Å². The molecule has 1 fully saturated rings. The number of rotatable bonds is 7. The van der Waals surface area contributed by atoms with E-state index in [2.05, 4.69) is 29.2 Å². The average Bonchev–Trinajstić information content (AvgIpc) is 3.39. The van der Waals surface area contributed by atoms with Crippen LogP contribution in [0.3, 0.4) is 0 Å². The summed E-state index contributed by atoms with van der Waals surface area (Å²) in [4.78, 5) is 18.1. The van der Waals surface area contributed by atoms with Crippen molar-refractivity contribution in [3.8, 4) is 28.4 Å². The standard InChI is InChI=1S/C29H30N4O3/c1-35-25-13-11-24(12-14-25)33-28(20-27(30-33)23-9-6-10-26(19-23)36-2)29(34)32-17-15-31(16-18-32)21-22-7-4-3-5-8-22/h3-14,19-20H,15-18,21H2,1-2H3. The molecule has 0 radical (unpaired) electrons. The highest BCUT2D eigenvalue weighted by atomic mass is 16.5. The van der Waals surface area contributed by atoms with Gasteiger partial charge < -0.3 is 14.4 Å². The van der Waals surface area contributed by atoms with Crippen molar-refractivity contribution in [2.45, 2.75) is 6.54 Å². The lowest BCUT2D eigenvalue weighted by Gasteiger charge is -2.34. The molecule has 2 heterocycles. The smallest absolute Gasteiger partial charge is 0.272 e. The van der Waals surface area contributed by atoms with Gasteiger partial charge in [-0.15, -0.1) is 0 Å². The molecular weight excluding hydrogens is 452 g/mol. The highest BCUT2D eigenvalue weighted by Crippen LogP contribution is 2.27. The Morgan fingerprint density at radius 1 is 0.806 bits per heavy atom. The van der Waals surface area contributed by atoms with Crippen LogP contribution in [0.1, 0.15) is 16.1 Å². The largest absolute Gasteiger partial charge is 0.497 e. The van der Waals surface area contributed by atoms with Gasteiger partial charge in [0.05, 0.1) is 25.6 Å². The Labute approximate surface area is 211 Å². The van der Waals surface area contributed by atoms with Gasteiger partial charge in [-0.1, -0.05) is 42.5 Å². The lowest BCUT2D eigenvalue weighted by Crippen LogP contribution is -2.48. The molecule has 36 heavy (non-hydrogen) atoms. The quantitative estimate of drug-likeness (QED) is 0.388. The number of carbonyl (C=O) groups excluding carboxylic acids is 1.